The summed E-state index contributed by atoms with van der Waals surface area (Å²) in [4.78, 5) is 0. The van der Waals surface area contributed by atoms with Crippen LogP contribution < -0.4 is 0 Å². The van der Waals surface area contributed by atoms with Gasteiger partial charge in [0.25, 0.3) is 0 Å². The van der Waals surface area contributed by atoms with Gasteiger partial charge in [0.2, 0.25) is 0 Å². The van der Waals surface area contributed by atoms with E-state index in [-0.39, 0.29) is 0 Å². The average Bonchev–Trinajstić information content (AvgIpc) is 2.75. The van der Waals surface area contributed by atoms with Crippen LogP contribution in [0.2, 0.25) is 0 Å². The number of rotatable bonds is 2. The zero-order valence-corrected chi connectivity index (χ0v) is 17.7. The zero-order chi connectivity index (χ0) is 20.0. The zero-order valence-electron chi connectivity index (χ0n) is 17.7. The van der Waals surface area contributed by atoms with E-state index in [4.69, 9.17) is 0 Å². The van der Waals surface area contributed by atoms with Crippen LogP contribution in [0.15, 0.2) is 77.9 Å². The van der Waals surface area contributed by atoms with Crippen molar-refractivity contribution < 1.29 is 0 Å². The fraction of sp³-hybridized carbons (Fsp3) is 0.241. The number of aryl methyl sites for hydroxylation is 2. The van der Waals surface area contributed by atoms with Gasteiger partial charge in [0.1, 0.15) is 0 Å². The summed E-state index contributed by atoms with van der Waals surface area (Å²) in [6.07, 6.45) is 4.62. The second kappa shape index (κ2) is 7.19. The molecule has 3 aromatic rings. The highest BCUT2D eigenvalue weighted by atomic mass is 14.3. The van der Waals surface area contributed by atoms with Crippen LogP contribution in [-0.2, 0) is 12.8 Å². The first-order chi connectivity index (χ1) is 14.1. The van der Waals surface area contributed by atoms with Crippen molar-refractivity contribution in [3.05, 3.63) is 117 Å². The second-order valence-corrected chi connectivity index (χ2v) is 8.60. The number of fused-ring (bicyclic) bond motifs is 2. The molecule has 29 heavy (non-hydrogen) atoms. The lowest BCUT2D eigenvalue weighted by molar-refractivity contribution is 0.915. The van der Waals surface area contributed by atoms with Crippen molar-refractivity contribution in [1.82, 2.24) is 0 Å². The highest BCUT2D eigenvalue weighted by Gasteiger charge is 2.23. The molecule has 0 radical (unpaired) electrons. The lowest BCUT2D eigenvalue weighted by atomic mass is 9.77. The summed E-state index contributed by atoms with van der Waals surface area (Å²) >= 11 is 0. The summed E-state index contributed by atoms with van der Waals surface area (Å²) in [6.45, 7) is 6.95. The van der Waals surface area contributed by atoms with E-state index in [9.17, 15) is 0 Å². The highest BCUT2D eigenvalue weighted by Crippen LogP contribution is 2.42. The molecule has 0 N–H and O–H groups in total. The van der Waals surface area contributed by atoms with Crippen LogP contribution in [0, 0.1) is 6.92 Å². The van der Waals surface area contributed by atoms with Gasteiger partial charge in [0.15, 0.2) is 0 Å². The molecule has 0 amide bonds. The molecular formula is C29H28. The fourth-order valence-corrected chi connectivity index (χ4v) is 5.25. The third kappa shape index (κ3) is 2.99. The van der Waals surface area contributed by atoms with E-state index in [2.05, 4.69) is 87.5 Å². The van der Waals surface area contributed by atoms with E-state index >= 15 is 0 Å². The average molecular weight is 377 g/mol. The van der Waals surface area contributed by atoms with Crippen LogP contribution in [0.4, 0.5) is 0 Å². The smallest absolute Gasteiger partial charge is 0.0116 e. The SMILES string of the molecule is CC1=C(c2cccc(C3=C(C)CCc4ccccc43)c2C)c2ccccc2CC1. The van der Waals surface area contributed by atoms with Crippen LogP contribution in [0.5, 0.6) is 0 Å². The Bertz CT molecular complexity index is 1080. The quantitative estimate of drug-likeness (QED) is 0.433. The van der Waals surface area contributed by atoms with Gasteiger partial charge in [-0.3, -0.25) is 0 Å². The molecule has 0 aliphatic heterocycles. The van der Waals surface area contributed by atoms with Gasteiger partial charge in [-0.1, -0.05) is 77.9 Å². The minimum Gasteiger partial charge on any atom is -0.0645 e. The van der Waals surface area contributed by atoms with E-state index in [1.165, 1.54) is 61.2 Å². The predicted octanol–water partition coefficient (Wildman–Crippen LogP) is 7.53. The number of benzene rings is 3. The maximum absolute atomic E-state index is 2.32. The molecule has 0 saturated heterocycles. The van der Waals surface area contributed by atoms with E-state index in [0.29, 0.717) is 0 Å². The van der Waals surface area contributed by atoms with Gasteiger partial charge >= 0.3 is 0 Å². The first-order valence-corrected chi connectivity index (χ1v) is 10.8. The van der Waals surface area contributed by atoms with Crippen molar-refractivity contribution in [3.8, 4) is 0 Å². The van der Waals surface area contributed by atoms with Crippen LogP contribution in [0.3, 0.4) is 0 Å². The third-order valence-electron chi connectivity index (χ3n) is 6.84. The van der Waals surface area contributed by atoms with E-state index in [1.807, 2.05) is 0 Å². The van der Waals surface area contributed by atoms with Crippen molar-refractivity contribution in [1.29, 1.82) is 0 Å². The molecule has 0 fully saturated rings. The van der Waals surface area contributed by atoms with Crippen molar-refractivity contribution in [2.75, 3.05) is 0 Å². The maximum Gasteiger partial charge on any atom is -0.0116 e. The first kappa shape index (κ1) is 18.2. The molecule has 0 saturated carbocycles. The van der Waals surface area contributed by atoms with Gasteiger partial charge in [-0.15, -0.1) is 0 Å². The van der Waals surface area contributed by atoms with E-state index in [1.54, 1.807) is 0 Å². The maximum atomic E-state index is 2.32. The molecule has 2 aliphatic rings. The van der Waals surface area contributed by atoms with Crippen molar-refractivity contribution in [2.45, 2.75) is 46.5 Å². The fourth-order valence-electron chi connectivity index (χ4n) is 5.25. The van der Waals surface area contributed by atoms with Crippen molar-refractivity contribution in [3.63, 3.8) is 0 Å². The number of hydrogen-bond donors (Lipinski definition) is 0. The second-order valence-electron chi connectivity index (χ2n) is 8.60. The third-order valence-corrected chi connectivity index (χ3v) is 6.84. The molecule has 144 valence electrons. The molecule has 3 aromatic carbocycles. The lowest BCUT2D eigenvalue weighted by Crippen LogP contribution is -2.09. The molecule has 5 rings (SSSR count). The van der Waals surface area contributed by atoms with Crippen LogP contribution in [-0.4, -0.2) is 0 Å². The topological polar surface area (TPSA) is 0 Å². The molecule has 0 heteroatoms. The number of allylic oxidation sites excluding steroid dienone is 2. The Morgan fingerprint density at radius 2 is 0.862 bits per heavy atom. The monoisotopic (exact) mass is 376 g/mol. The molecular weight excluding hydrogens is 348 g/mol. The Hall–Kier alpha value is -2.86. The molecule has 0 aromatic heterocycles. The molecule has 0 bridgehead atoms. The summed E-state index contributed by atoms with van der Waals surface area (Å²) in [7, 11) is 0. The lowest BCUT2D eigenvalue weighted by Gasteiger charge is -2.27. The van der Waals surface area contributed by atoms with Gasteiger partial charge in [0.05, 0.1) is 0 Å². The summed E-state index contributed by atoms with van der Waals surface area (Å²) in [5.74, 6) is 0. The van der Waals surface area contributed by atoms with E-state index < -0.39 is 0 Å². The van der Waals surface area contributed by atoms with Gasteiger partial charge in [-0.05, 0) is 96.5 Å². The largest absolute Gasteiger partial charge is 0.0645 e. The van der Waals surface area contributed by atoms with Crippen molar-refractivity contribution >= 4 is 11.1 Å². The van der Waals surface area contributed by atoms with Crippen LogP contribution in [0.1, 0.15) is 65.6 Å². The minimum absolute atomic E-state index is 1.15. The molecule has 0 heterocycles. The summed E-state index contributed by atoms with van der Waals surface area (Å²) in [5.41, 5.74) is 15.9. The predicted molar refractivity (Wildman–Crippen MR) is 124 cm³/mol. The Labute approximate surface area is 174 Å². The molecule has 0 spiro atoms. The number of hydrogen-bond acceptors (Lipinski definition) is 0. The Morgan fingerprint density at radius 3 is 1.34 bits per heavy atom. The Morgan fingerprint density at radius 1 is 0.448 bits per heavy atom. The van der Waals surface area contributed by atoms with Gasteiger partial charge in [0, 0.05) is 0 Å². The van der Waals surface area contributed by atoms with Gasteiger partial charge in [-0.25, -0.2) is 0 Å². The van der Waals surface area contributed by atoms with Crippen LogP contribution >= 0.6 is 0 Å². The van der Waals surface area contributed by atoms with Gasteiger partial charge < -0.3 is 0 Å². The molecule has 2 aliphatic carbocycles. The van der Waals surface area contributed by atoms with E-state index in [0.717, 1.165) is 25.7 Å². The summed E-state index contributed by atoms with van der Waals surface area (Å²) in [6, 6.07) is 24.8. The Kier molecular flexibility index (Phi) is 4.51. The van der Waals surface area contributed by atoms with Gasteiger partial charge in [-0.2, -0.15) is 0 Å². The molecule has 0 unspecified atom stereocenters. The highest BCUT2D eigenvalue weighted by molar-refractivity contribution is 5.91. The Balaban J connectivity index is 1.72. The van der Waals surface area contributed by atoms with Crippen molar-refractivity contribution in [2.24, 2.45) is 0 Å². The van der Waals surface area contributed by atoms with Crippen LogP contribution in [0.25, 0.3) is 11.1 Å². The molecule has 0 atom stereocenters. The first-order valence-electron chi connectivity index (χ1n) is 10.8. The summed E-state index contributed by atoms with van der Waals surface area (Å²) < 4.78 is 0. The minimum atomic E-state index is 1.15. The molecule has 0 nitrogen and oxygen atoms in total. The standard InChI is InChI=1S/C29H28/c1-19-15-17-22-9-4-6-11-26(22)28(19)24-13-8-14-25(21(24)3)29-20(2)16-18-23-10-5-7-12-27(23)29/h4-14H,15-18H2,1-3H3. The normalized spacial score (nSPS) is 16.0. The summed E-state index contributed by atoms with van der Waals surface area (Å²) in [5, 5.41) is 0.